The van der Waals surface area contributed by atoms with Gasteiger partial charge in [-0.05, 0) is 45.2 Å². The number of amides is 2. The third-order valence-corrected chi connectivity index (χ3v) is 5.44. The molecule has 2 aliphatic heterocycles. The third-order valence-electron chi connectivity index (χ3n) is 5.44. The summed E-state index contributed by atoms with van der Waals surface area (Å²) in [6.07, 6.45) is 3.53. The summed E-state index contributed by atoms with van der Waals surface area (Å²) in [5.41, 5.74) is 7.00. The number of nitrogens with one attached hydrogen (secondary N) is 1. The van der Waals surface area contributed by atoms with Gasteiger partial charge in [0, 0.05) is 18.5 Å². The maximum Gasteiger partial charge on any atom is 0.269 e. The first-order chi connectivity index (χ1) is 13.8. The van der Waals surface area contributed by atoms with E-state index in [-0.39, 0.29) is 29.9 Å². The number of aromatic amines is 1. The Morgan fingerprint density at radius 3 is 2.97 bits per heavy atom. The molecule has 1 fully saturated rings. The van der Waals surface area contributed by atoms with Crippen molar-refractivity contribution < 1.29 is 19.1 Å². The second-order valence-corrected chi connectivity index (χ2v) is 8.24. The molecular weight excluding hydrogens is 372 g/mol. The maximum absolute atomic E-state index is 13.0. The lowest BCUT2D eigenvalue weighted by molar-refractivity contribution is -0.137. The van der Waals surface area contributed by atoms with E-state index in [1.54, 1.807) is 11.0 Å². The first-order valence-electron chi connectivity index (χ1n) is 9.92. The summed E-state index contributed by atoms with van der Waals surface area (Å²) in [7, 11) is 0. The Kier molecular flexibility index (Phi) is 4.94. The van der Waals surface area contributed by atoms with Crippen molar-refractivity contribution in [3.05, 3.63) is 41.2 Å². The zero-order valence-corrected chi connectivity index (χ0v) is 16.7. The Bertz CT molecular complexity index is 937. The number of likely N-dealkylation sites (tertiary alicyclic amines) is 1. The molecule has 1 atom stereocenters. The van der Waals surface area contributed by atoms with E-state index in [2.05, 4.69) is 10.2 Å². The van der Waals surface area contributed by atoms with Crippen molar-refractivity contribution in [1.29, 1.82) is 0 Å². The predicted molar refractivity (Wildman–Crippen MR) is 106 cm³/mol. The Morgan fingerprint density at radius 2 is 2.21 bits per heavy atom. The van der Waals surface area contributed by atoms with Crippen LogP contribution in [0.1, 0.15) is 60.9 Å². The van der Waals surface area contributed by atoms with Gasteiger partial charge in [0.1, 0.15) is 11.3 Å². The Balaban J connectivity index is 1.46. The van der Waals surface area contributed by atoms with Crippen LogP contribution in [0, 0.1) is 0 Å². The zero-order valence-electron chi connectivity index (χ0n) is 16.7. The van der Waals surface area contributed by atoms with E-state index in [9.17, 15) is 9.59 Å². The molecule has 0 saturated carbocycles. The van der Waals surface area contributed by atoms with Crippen LogP contribution in [-0.2, 0) is 11.2 Å². The molecule has 29 heavy (non-hydrogen) atoms. The first-order valence-corrected chi connectivity index (χ1v) is 9.92. The van der Waals surface area contributed by atoms with Crippen molar-refractivity contribution in [3.63, 3.8) is 0 Å². The second kappa shape index (κ2) is 7.42. The van der Waals surface area contributed by atoms with Gasteiger partial charge in [0.25, 0.3) is 11.8 Å². The van der Waals surface area contributed by atoms with E-state index in [0.717, 1.165) is 42.7 Å². The molecule has 0 bridgehead atoms. The van der Waals surface area contributed by atoms with Crippen LogP contribution < -0.4 is 15.2 Å². The van der Waals surface area contributed by atoms with Crippen molar-refractivity contribution in [2.75, 3.05) is 13.2 Å². The predicted octanol–water partition coefficient (Wildman–Crippen LogP) is 2.35. The first kappa shape index (κ1) is 19.3. The van der Waals surface area contributed by atoms with Gasteiger partial charge in [-0.1, -0.05) is 12.1 Å². The number of carbonyl (C=O) groups excluding carboxylic acids is 2. The number of rotatable bonds is 5. The molecule has 0 unspecified atom stereocenters. The molecule has 1 aromatic carbocycles. The van der Waals surface area contributed by atoms with Gasteiger partial charge in [-0.2, -0.15) is 5.10 Å². The standard InChI is InChI=1S/C21H26N4O4/c1-21(2)11-13-6-5-8-17(19(13)29-21)28-12-18(26)25-9-4-3-7-16(25)14-10-15(20(22)27)24-23-14/h5-6,8,10,16H,3-4,7,9,11-12H2,1-2H3,(H2,22,27)(H,23,24)/t16-/m0/s1. The van der Waals surface area contributed by atoms with Gasteiger partial charge < -0.3 is 20.1 Å². The highest BCUT2D eigenvalue weighted by Crippen LogP contribution is 2.41. The van der Waals surface area contributed by atoms with Crippen molar-refractivity contribution in [3.8, 4) is 11.5 Å². The van der Waals surface area contributed by atoms with E-state index in [1.165, 1.54) is 0 Å². The smallest absolute Gasteiger partial charge is 0.269 e. The summed E-state index contributed by atoms with van der Waals surface area (Å²) < 4.78 is 11.9. The van der Waals surface area contributed by atoms with Crippen molar-refractivity contribution in [2.24, 2.45) is 5.73 Å². The van der Waals surface area contributed by atoms with E-state index in [0.29, 0.717) is 12.3 Å². The summed E-state index contributed by atoms with van der Waals surface area (Å²) in [4.78, 5) is 26.1. The van der Waals surface area contributed by atoms with Gasteiger partial charge in [0.2, 0.25) is 0 Å². The normalized spacial score (nSPS) is 20.1. The average Bonchev–Trinajstić information content (AvgIpc) is 3.29. The third kappa shape index (κ3) is 3.92. The SMILES string of the molecule is CC1(C)Cc2cccc(OCC(=O)N3CCCC[C@H]3c3cc(C(N)=O)n[nH]3)c2O1. The molecule has 2 aliphatic rings. The highest BCUT2D eigenvalue weighted by atomic mass is 16.5. The van der Waals surface area contributed by atoms with Gasteiger partial charge in [0.05, 0.1) is 11.7 Å². The molecule has 1 saturated heterocycles. The number of fused-ring (bicyclic) bond motifs is 1. The largest absolute Gasteiger partial charge is 0.483 e. The molecule has 3 heterocycles. The van der Waals surface area contributed by atoms with E-state index in [4.69, 9.17) is 15.2 Å². The van der Waals surface area contributed by atoms with Crippen LogP contribution in [-0.4, -0.2) is 45.7 Å². The Morgan fingerprint density at radius 1 is 1.38 bits per heavy atom. The Labute approximate surface area is 169 Å². The van der Waals surface area contributed by atoms with Crippen LogP contribution >= 0.6 is 0 Å². The number of nitrogens with zero attached hydrogens (tertiary/aromatic N) is 2. The number of benzene rings is 1. The molecule has 8 heteroatoms. The van der Waals surface area contributed by atoms with Gasteiger partial charge in [-0.25, -0.2) is 0 Å². The molecule has 0 radical (unpaired) electrons. The van der Waals surface area contributed by atoms with Crippen LogP contribution in [0.4, 0.5) is 0 Å². The van der Waals surface area contributed by atoms with Crippen molar-refractivity contribution >= 4 is 11.8 Å². The molecular formula is C21H26N4O4. The lowest BCUT2D eigenvalue weighted by Gasteiger charge is -2.35. The van der Waals surface area contributed by atoms with Crippen molar-refractivity contribution in [2.45, 2.75) is 51.2 Å². The monoisotopic (exact) mass is 398 g/mol. The number of ether oxygens (including phenoxy) is 2. The molecule has 0 spiro atoms. The number of piperidine rings is 1. The summed E-state index contributed by atoms with van der Waals surface area (Å²) in [6, 6.07) is 7.23. The highest BCUT2D eigenvalue weighted by molar-refractivity contribution is 5.90. The average molecular weight is 398 g/mol. The van der Waals surface area contributed by atoms with Crippen LogP contribution in [0.25, 0.3) is 0 Å². The molecule has 0 aliphatic carbocycles. The summed E-state index contributed by atoms with van der Waals surface area (Å²) in [5, 5.41) is 6.80. The van der Waals surface area contributed by atoms with Crippen LogP contribution in [0.15, 0.2) is 24.3 Å². The van der Waals surface area contributed by atoms with Gasteiger partial charge >= 0.3 is 0 Å². The topological polar surface area (TPSA) is 111 Å². The summed E-state index contributed by atoms with van der Waals surface area (Å²) >= 11 is 0. The fraction of sp³-hybridized carbons (Fsp3) is 0.476. The lowest BCUT2D eigenvalue weighted by Crippen LogP contribution is -2.41. The molecule has 154 valence electrons. The molecule has 2 amide bonds. The number of primary amides is 1. The number of H-pyrrole nitrogens is 1. The lowest BCUT2D eigenvalue weighted by atomic mass is 9.99. The van der Waals surface area contributed by atoms with Crippen LogP contribution in [0.2, 0.25) is 0 Å². The van der Waals surface area contributed by atoms with Gasteiger partial charge in [-0.15, -0.1) is 0 Å². The maximum atomic E-state index is 13.0. The highest BCUT2D eigenvalue weighted by Gasteiger charge is 2.33. The van der Waals surface area contributed by atoms with Crippen LogP contribution in [0.5, 0.6) is 11.5 Å². The number of carbonyl (C=O) groups is 2. The molecule has 2 aromatic rings. The molecule has 4 rings (SSSR count). The minimum atomic E-state index is -0.592. The molecule has 3 N–H and O–H groups in total. The fourth-order valence-corrected chi connectivity index (χ4v) is 4.11. The minimum Gasteiger partial charge on any atom is -0.483 e. The summed E-state index contributed by atoms with van der Waals surface area (Å²) in [6.45, 7) is 4.62. The van der Waals surface area contributed by atoms with E-state index >= 15 is 0 Å². The minimum absolute atomic E-state index is 0.0758. The quantitative estimate of drug-likeness (QED) is 0.803. The number of aromatic nitrogens is 2. The second-order valence-electron chi connectivity index (χ2n) is 8.24. The molecule has 8 nitrogen and oxygen atoms in total. The van der Waals surface area contributed by atoms with Crippen LogP contribution in [0.3, 0.4) is 0 Å². The fourth-order valence-electron chi connectivity index (χ4n) is 4.11. The number of para-hydroxylation sites is 1. The number of nitrogens with two attached hydrogens (primary N) is 1. The van der Waals surface area contributed by atoms with Crippen molar-refractivity contribution in [1.82, 2.24) is 15.1 Å². The summed E-state index contributed by atoms with van der Waals surface area (Å²) in [5.74, 6) is 0.609. The van der Waals surface area contributed by atoms with Gasteiger partial charge in [0.15, 0.2) is 18.1 Å². The zero-order chi connectivity index (χ0) is 20.6. The van der Waals surface area contributed by atoms with E-state index in [1.807, 2.05) is 32.0 Å². The Hall–Kier alpha value is -3.03. The number of hydrogen-bond acceptors (Lipinski definition) is 5. The molecule has 1 aromatic heterocycles. The van der Waals surface area contributed by atoms with Gasteiger partial charge in [-0.3, -0.25) is 14.7 Å². The van der Waals surface area contributed by atoms with E-state index < -0.39 is 5.91 Å². The number of hydrogen-bond donors (Lipinski definition) is 2.